The summed E-state index contributed by atoms with van der Waals surface area (Å²) in [5.74, 6) is 0.678. The van der Waals surface area contributed by atoms with Crippen LogP contribution in [0.1, 0.15) is 49.6 Å². The quantitative estimate of drug-likeness (QED) is 0.442. The lowest BCUT2D eigenvalue weighted by molar-refractivity contribution is 0.186. The van der Waals surface area contributed by atoms with E-state index in [2.05, 4.69) is 31.4 Å². The Morgan fingerprint density at radius 2 is 2.06 bits per heavy atom. The van der Waals surface area contributed by atoms with Gasteiger partial charge in [0.25, 0.3) is 0 Å². The van der Waals surface area contributed by atoms with Gasteiger partial charge in [-0.25, -0.2) is 14.4 Å². The summed E-state index contributed by atoms with van der Waals surface area (Å²) in [5, 5.41) is 0.787. The minimum Gasteiger partial charge on any atom is -0.342 e. The normalized spacial score (nSPS) is 19.5. The van der Waals surface area contributed by atoms with Gasteiger partial charge in [0.2, 0.25) is 5.95 Å². The second kappa shape index (κ2) is 10.3. The number of rotatable bonds is 3. The van der Waals surface area contributed by atoms with Gasteiger partial charge in [0.1, 0.15) is 5.82 Å². The third kappa shape index (κ3) is 5.02. The Labute approximate surface area is 210 Å². The molecule has 0 amide bonds. The van der Waals surface area contributed by atoms with Crippen LogP contribution >= 0.6 is 11.6 Å². The van der Waals surface area contributed by atoms with E-state index in [0.29, 0.717) is 11.3 Å². The fourth-order valence-corrected chi connectivity index (χ4v) is 5.06. The number of nitrogens with zero attached hydrogens (tertiary/aromatic N) is 4. The minimum atomic E-state index is -0.123. The summed E-state index contributed by atoms with van der Waals surface area (Å²) in [5.41, 5.74) is 11.6. The molecular weight excluding hydrogens is 463 g/mol. The minimum absolute atomic E-state index is 0.0554. The van der Waals surface area contributed by atoms with Crippen LogP contribution in [0.15, 0.2) is 59.8 Å². The van der Waals surface area contributed by atoms with Crippen LogP contribution in [0.2, 0.25) is 0 Å². The maximum absolute atomic E-state index is 14.2. The average molecular weight is 495 g/mol. The highest BCUT2D eigenvalue weighted by atomic mass is 35.5. The van der Waals surface area contributed by atoms with Crippen molar-refractivity contribution in [2.45, 2.75) is 46.1 Å². The van der Waals surface area contributed by atoms with Crippen molar-refractivity contribution < 1.29 is 4.39 Å². The second-order valence-corrected chi connectivity index (χ2v) is 9.68. The monoisotopic (exact) mass is 494 g/mol. The molecule has 1 fully saturated rings. The summed E-state index contributed by atoms with van der Waals surface area (Å²) >= 11 is 5.74. The first kappa shape index (κ1) is 25.1. The van der Waals surface area contributed by atoms with Crippen LogP contribution in [0.25, 0.3) is 11.3 Å². The number of fused-ring (bicyclic) bond motifs is 2. The molecule has 1 aliphatic heterocycles. The Bertz CT molecular complexity index is 1290. The Morgan fingerprint density at radius 3 is 2.71 bits per heavy atom. The number of nitrogens with two attached hydrogens (primary N) is 1. The van der Waals surface area contributed by atoms with Crippen molar-refractivity contribution in [2.75, 3.05) is 18.0 Å². The number of nitrogens with one attached hydrogen (secondary N) is 1. The van der Waals surface area contributed by atoms with Crippen molar-refractivity contribution in [3.63, 3.8) is 0 Å². The molecule has 0 radical (unpaired) electrons. The summed E-state index contributed by atoms with van der Waals surface area (Å²) < 4.78 is 14.2. The number of imidazole rings is 1. The topological polar surface area (TPSA) is 83.7 Å². The number of hydrogen-bond acceptors (Lipinski definition) is 5. The second-order valence-electron chi connectivity index (χ2n) is 9.28. The van der Waals surface area contributed by atoms with Crippen molar-refractivity contribution in [3.05, 3.63) is 82.4 Å². The molecule has 2 aliphatic rings. The molecule has 1 aromatic carbocycles. The molecule has 0 bridgehead atoms. The van der Waals surface area contributed by atoms with E-state index in [4.69, 9.17) is 17.3 Å². The predicted molar refractivity (Wildman–Crippen MR) is 141 cm³/mol. The molecule has 0 saturated carbocycles. The maximum atomic E-state index is 14.2. The smallest absolute Gasteiger partial charge is 0.206 e. The van der Waals surface area contributed by atoms with E-state index in [1.165, 1.54) is 6.07 Å². The molecule has 6 nitrogen and oxygen atoms in total. The van der Waals surface area contributed by atoms with E-state index < -0.39 is 0 Å². The summed E-state index contributed by atoms with van der Waals surface area (Å²) in [7, 11) is 0. The van der Waals surface area contributed by atoms with Crippen LogP contribution < -0.4 is 10.6 Å². The molecule has 8 heteroatoms. The number of hydrogen-bond donors (Lipinski definition) is 2. The van der Waals surface area contributed by atoms with Gasteiger partial charge in [-0.15, -0.1) is 0 Å². The van der Waals surface area contributed by atoms with Crippen LogP contribution in [0.3, 0.4) is 0 Å². The highest BCUT2D eigenvalue weighted by molar-refractivity contribution is 6.31. The Kier molecular flexibility index (Phi) is 7.38. The lowest BCUT2D eigenvalue weighted by Crippen LogP contribution is -2.44. The van der Waals surface area contributed by atoms with Gasteiger partial charge in [0.15, 0.2) is 11.3 Å². The summed E-state index contributed by atoms with van der Waals surface area (Å²) in [6.07, 6.45) is 9.74. The van der Waals surface area contributed by atoms with Crippen LogP contribution in [0.4, 0.5) is 10.3 Å². The van der Waals surface area contributed by atoms with Crippen molar-refractivity contribution in [3.8, 4) is 0 Å². The fourth-order valence-electron chi connectivity index (χ4n) is 5.00. The number of H-pyrrole nitrogens is 1. The van der Waals surface area contributed by atoms with Crippen molar-refractivity contribution >= 4 is 28.8 Å². The number of piperidine rings is 1. The molecule has 1 aliphatic carbocycles. The molecule has 1 spiro atoms. The first-order valence-electron chi connectivity index (χ1n) is 11.9. The third-order valence-electron chi connectivity index (χ3n) is 7.05. The van der Waals surface area contributed by atoms with Crippen LogP contribution in [0.5, 0.6) is 0 Å². The average Bonchev–Trinajstić information content (AvgIpc) is 3.39. The van der Waals surface area contributed by atoms with E-state index in [0.717, 1.165) is 65.7 Å². The number of anilines is 1. The van der Waals surface area contributed by atoms with Gasteiger partial charge in [0, 0.05) is 24.2 Å². The zero-order valence-corrected chi connectivity index (χ0v) is 21.2. The van der Waals surface area contributed by atoms with Gasteiger partial charge in [0.05, 0.1) is 11.9 Å². The Hall–Kier alpha value is -3.03. The van der Waals surface area contributed by atoms with E-state index in [1.807, 2.05) is 39.0 Å². The largest absolute Gasteiger partial charge is 0.342 e. The predicted octanol–water partition coefficient (Wildman–Crippen LogP) is 5.90. The molecule has 35 heavy (non-hydrogen) atoms. The lowest BCUT2D eigenvalue weighted by Gasteiger charge is -2.42. The van der Waals surface area contributed by atoms with Gasteiger partial charge in [-0.05, 0) is 68.2 Å². The fraction of sp³-hybridized carbons (Fsp3) is 0.370. The Balaban J connectivity index is 0.000000277. The van der Waals surface area contributed by atoms with E-state index >= 15 is 0 Å². The number of aromatic nitrogens is 4. The SMILES string of the molecule is C=C/C=C(C)\C(Cl)=C/C.Cc1cnc2nc(N3CCC4(CC3)Cc3c(F)cccc3[C@H]4N)[nH]c2n1. The molecule has 5 rings (SSSR count). The summed E-state index contributed by atoms with van der Waals surface area (Å²) in [6.45, 7) is 11.0. The first-order chi connectivity index (χ1) is 16.8. The van der Waals surface area contributed by atoms with Gasteiger partial charge >= 0.3 is 0 Å². The number of halogens is 2. The van der Waals surface area contributed by atoms with Crippen molar-refractivity contribution in [2.24, 2.45) is 11.1 Å². The number of allylic oxidation sites excluding steroid dienone is 5. The van der Waals surface area contributed by atoms with Crippen molar-refractivity contribution in [1.29, 1.82) is 0 Å². The van der Waals surface area contributed by atoms with Gasteiger partial charge in [-0.3, -0.25) is 0 Å². The van der Waals surface area contributed by atoms with Gasteiger partial charge < -0.3 is 15.6 Å². The lowest BCUT2D eigenvalue weighted by atomic mass is 9.73. The highest BCUT2D eigenvalue weighted by Crippen LogP contribution is 2.51. The molecule has 3 aromatic rings. The highest BCUT2D eigenvalue weighted by Gasteiger charge is 2.47. The van der Waals surface area contributed by atoms with Gasteiger partial charge in [-0.2, -0.15) is 4.98 Å². The van der Waals surface area contributed by atoms with Crippen molar-refractivity contribution in [1.82, 2.24) is 19.9 Å². The summed E-state index contributed by atoms with van der Waals surface area (Å²) in [4.78, 5) is 18.8. The van der Waals surface area contributed by atoms with Crippen LogP contribution in [-0.2, 0) is 6.42 Å². The van der Waals surface area contributed by atoms with Crippen LogP contribution in [-0.4, -0.2) is 33.0 Å². The number of benzene rings is 1. The zero-order valence-electron chi connectivity index (χ0n) is 20.5. The molecule has 1 saturated heterocycles. The Morgan fingerprint density at radius 1 is 1.31 bits per heavy atom. The summed E-state index contributed by atoms with van der Waals surface area (Å²) in [6, 6.07) is 5.18. The van der Waals surface area contributed by atoms with Gasteiger partial charge in [-0.1, -0.05) is 48.5 Å². The van der Waals surface area contributed by atoms with E-state index in [-0.39, 0.29) is 17.3 Å². The van der Waals surface area contributed by atoms with Crippen LogP contribution in [0, 0.1) is 18.2 Å². The molecule has 1 atom stereocenters. The first-order valence-corrected chi connectivity index (χ1v) is 12.2. The zero-order chi connectivity index (χ0) is 25.2. The molecule has 3 N–H and O–H groups in total. The number of aryl methyl sites for hydroxylation is 1. The third-order valence-corrected chi connectivity index (χ3v) is 7.57. The molecule has 2 aromatic heterocycles. The standard InChI is InChI=1S/C19H21FN6.C8H11Cl/c1-11-10-22-16-17(23-11)25-18(24-16)26-7-5-19(6-8-26)9-13-12(15(19)21)3-2-4-14(13)20;1-4-6-7(3)8(9)5-2/h2-4,10,15H,5-9,21H2,1H3,(H,22,23,24,25);4-6H,1H2,2-3H3/b;7-6-,8-5+/t15-;/m1./s1. The number of aromatic amines is 1. The molecule has 0 unspecified atom stereocenters. The molecular formula is C27H32ClFN6. The molecule has 184 valence electrons. The molecule has 3 heterocycles. The maximum Gasteiger partial charge on any atom is 0.206 e. The van der Waals surface area contributed by atoms with E-state index in [9.17, 15) is 4.39 Å². The van der Waals surface area contributed by atoms with E-state index in [1.54, 1.807) is 18.3 Å².